The molecule has 1 aliphatic heterocycles. The molecule has 7 nitrogen and oxygen atoms in total. The number of fused-ring (bicyclic) bond motifs is 2. The van der Waals surface area contributed by atoms with E-state index in [1.807, 2.05) is 0 Å². The number of amides is 2. The highest BCUT2D eigenvalue weighted by Crippen LogP contribution is 2.25. The first kappa shape index (κ1) is 16.7. The Morgan fingerprint density at radius 1 is 1.00 bits per heavy atom. The van der Waals surface area contributed by atoms with Crippen LogP contribution < -0.4 is 4.74 Å². The summed E-state index contributed by atoms with van der Waals surface area (Å²) in [5.41, 5.74) is 1.65. The van der Waals surface area contributed by atoms with Crippen LogP contribution in [0.4, 0.5) is 0 Å². The molecule has 0 radical (unpaired) electrons. The second kappa shape index (κ2) is 6.21. The van der Waals surface area contributed by atoms with Gasteiger partial charge >= 0.3 is 5.97 Å². The minimum atomic E-state index is -0.827. The Morgan fingerprint density at radius 2 is 1.67 bits per heavy atom. The summed E-state index contributed by atoms with van der Waals surface area (Å²) < 4.78 is 5.17. The van der Waals surface area contributed by atoms with Crippen molar-refractivity contribution in [1.29, 1.82) is 0 Å². The van der Waals surface area contributed by atoms with Crippen LogP contribution in [-0.4, -0.2) is 34.9 Å². The molecule has 0 unspecified atom stereocenters. The topological polar surface area (TPSA) is 85.8 Å². The first-order valence-electron chi connectivity index (χ1n) is 8.15. The van der Waals surface area contributed by atoms with Crippen molar-refractivity contribution in [1.82, 2.24) is 10.0 Å². The lowest BCUT2D eigenvalue weighted by Gasteiger charge is -2.14. The van der Waals surface area contributed by atoms with Gasteiger partial charge in [0, 0.05) is 11.5 Å². The molecule has 2 amide bonds. The van der Waals surface area contributed by atoms with Crippen LogP contribution in [0.3, 0.4) is 0 Å². The van der Waals surface area contributed by atoms with Gasteiger partial charge in [-0.1, -0.05) is 17.2 Å². The molecule has 3 aromatic rings. The summed E-state index contributed by atoms with van der Waals surface area (Å²) in [7, 11) is 1.56. The van der Waals surface area contributed by atoms with Gasteiger partial charge in [0.25, 0.3) is 11.8 Å². The van der Waals surface area contributed by atoms with E-state index < -0.39 is 17.8 Å². The first-order valence-corrected chi connectivity index (χ1v) is 8.15. The number of rotatable bonds is 3. The molecule has 0 saturated carbocycles. The van der Waals surface area contributed by atoms with Gasteiger partial charge in [-0.15, -0.1) is 0 Å². The van der Waals surface area contributed by atoms with Crippen molar-refractivity contribution in [3.05, 3.63) is 70.9 Å². The Kier molecular flexibility index (Phi) is 3.84. The van der Waals surface area contributed by atoms with Crippen molar-refractivity contribution < 1.29 is 24.0 Å². The van der Waals surface area contributed by atoms with Gasteiger partial charge in [-0.3, -0.25) is 14.6 Å². The second-order valence-electron chi connectivity index (χ2n) is 6.01. The summed E-state index contributed by atoms with van der Waals surface area (Å²) in [4.78, 5) is 46.8. The fourth-order valence-corrected chi connectivity index (χ4v) is 2.96. The number of nitrogens with zero attached hydrogens (tertiary/aromatic N) is 2. The Balaban J connectivity index is 1.65. The van der Waals surface area contributed by atoms with Crippen LogP contribution in [0.2, 0.25) is 0 Å². The molecule has 1 aromatic heterocycles. The molecule has 0 atom stereocenters. The zero-order chi connectivity index (χ0) is 19.1. The summed E-state index contributed by atoms with van der Waals surface area (Å²) >= 11 is 0. The van der Waals surface area contributed by atoms with Gasteiger partial charge in [0.1, 0.15) is 5.75 Å². The van der Waals surface area contributed by atoms with Crippen LogP contribution in [-0.2, 0) is 4.84 Å². The molecule has 27 heavy (non-hydrogen) atoms. The Labute approximate surface area is 154 Å². The summed E-state index contributed by atoms with van der Waals surface area (Å²) in [5, 5.41) is 1.20. The SMILES string of the molecule is COc1ccc2cc(C(=O)ON3C(=O)c4ccccc4C3=O)c(C)nc2c1. The van der Waals surface area contributed by atoms with Gasteiger partial charge in [0.05, 0.1) is 35.0 Å². The predicted molar refractivity (Wildman–Crippen MR) is 95.4 cm³/mol. The predicted octanol–water partition coefficient (Wildman–Crippen LogP) is 2.92. The normalized spacial score (nSPS) is 13.0. The number of aromatic nitrogens is 1. The monoisotopic (exact) mass is 362 g/mol. The number of hydroxylamine groups is 2. The molecule has 2 aromatic carbocycles. The lowest BCUT2D eigenvalue weighted by atomic mass is 10.1. The quantitative estimate of drug-likeness (QED) is 0.666. The highest BCUT2D eigenvalue weighted by molar-refractivity contribution is 6.21. The van der Waals surface area contributed by atoms with Crippen LogP contribution in [0, 0.1) is 6.92 Å². The molecular weight excluding hydrogens is 348 g/mol. The number of pyridine rings is 1. The molecule has 134 valence electrons. The van der Waals surface area contributed by atoms with Gasteiger partial charge in [-0.25, -0.2) is 4.79 Å². The zero-order valence-electron chi connectivity index (χ0n) is 14.6. The minimum absolute atomic E-state index is 0.171. The summed E-state index contributed by atoms with van der Waals surface area (Å²) in [6.45, 7) is 1.65. The average Bonchev–Trinajstić information content (AvgIpc) is 2.92. The maximum absolute atomic E-state index is 12.6. The number of hydrogen-bond acceptors (Lipinski definition) is 6. The molecule has 0 saturated heterocycles. The lowest BCUT2D eigenvalue weighted by Crippen LogP contribution is -2.33. The third kappa shape index (κ3) is 2.69. The van der Waals surface area contributed by atoms with E-state index in [-0.39, 0.29) is 16.7 Å². The van der Waals surface area contributed by atoms with Crippen molar-refractivity contribution in [2.45, 2.75) is 6.92 Å². The summed E-state index contributed by atoms with van der Waals surface area (Å²) in [6.07, 6.45) is 0. The molecule has 2 heterocycles. The van der Waals surface area contributed by atoms with E-state index in [1.165, 1.54) is 12.1 Å². The third-order valence-electron chi connectivity index (χ3n) is 4.37. The van der Waals surface area contributed by atoms with Crippen molar-refractivity contribution in [2.24, 2.45) is 0 Å². The summed E-state index contributed by atoms with van der Waals surface area (Å²) in [5.74, 6) is -1.51. The number of aryl methyl sites for hydroxylation is 1. The molecular formula is C20H14N2O5. The maximum atomic E-state index is 12.6. The molecule has 0 fully saturated rings. The van der Waals surface area contributed by atoms with Gasteiger partial charge in [-0.05, 0) is 37.3 Å². The van der Waals surface area contributed by atoms with Crippen LogP contribution in [0.15, 0.2) is 48.5 Å². The maximum Gasteiger partial charge on any atom is 0.365 e. The number of imide groups is 1. The smallest absolute Gasteiger partial charge is 0.365 e. The highest BCUT2D eigenvalue weighted by Gasteiger charge is 2.39. The highest BCUT2D eigenvalue weighted by atomic mass is 16.7. The molecule has 4 rings (SSSR count). The molecule has 0 N–H and O–H groups in total. The molecule has 0 spiro atoms. The number of benzene rings is 2. The number of ether oxygens (including phenoxy) is 1. The Morgan fingerprint density at radius 3 is 2.30 bits per heavy atom. The number of hydrogen-bond donors (Lipinski definition) is 0. The van der Waals surface area contributed by atoms with E-state index in [0.29, 0.717) is 27.4 Å². The van der Waals surface area contributed by atoms with Crippen LogP contribution in [0.25, 0.3) is 10.9 Å². The number of methoxy groups -OCH3 is 1. The number of carbonyl (C=O) groups is 3. The lowest BCUT2D eigenvalue weighted by molar-refractivity contribution is -0.0585. The van der Waals surface area contributed by atoms with Crippen LogP contribution in [0.5, 0.6) is 5.75 Å². The van der Waals surface area contributed by atoms with Crippen molar-refractivity contribution >= 4 is 28.7 Å². The Bertz CT molecular complexity index is 1090. The third-order valence-corrected chi connectivity index (χ3v) is 4.37. The average molecular weight is 362 g/mol. The van der Waals surface area contributed by atoms with E-state index in [1.54, 1.807) is 50.4 Å². The van der Waals surface area contributed by atoms with E-state index in [4.69, 9.17) is 9.57 Å². The van der Waals surface area contributed by atoms with E-state index in [9.17, 15) is 14.4 Å². The summed E-state index contributed by atoms with van der Waals surface area (Å²) in [6, 6.07) is 13.2. The second-order valence-corrected chi connectivity index (χ2v) is 6.01. The molecule has 0 aliphatic carbocycles. The molecule has 1 aliphatic rings. The zero-order valence-corrected chi connectivity index (χ0v) is 14.6. The van der Waals surface area contributed by atoms with Gasteiger partial charge in [0.2, 0.25) is 0 Å². The van der Waals surface area contributed by atoms with Crippen molar-refractivity contribution in [3.8, 4) is 5.75 Å². The van der Waals surface area contributed by atoms with Crippen LogP contribution in [0.1, 0.15) is 36.8 Å². The van der Waals surface area contributed by atoms with Crippen molar-refractivity contribution in [3.63, 3.8) is 0 Å². The first-order chi connectivity index (χ1) is 13.0. The largest absolute Gasteiger partial charge is 0.497 e. The number of carbonyl (C=O) groups excluding carboxylic acids is 3. The van der Waals surface area contributed by atoms with Gasteiger partial charge in [0.15, 0.2) is 0 Å². The van der Waals surface area contributed by atoms with Gasteiger partial charge < -0.3 is 9.57 Å². The van der Waals surface area contributed by atoms with Gasteiger partial charge in [-0.2, -0.15) is 0 Å². The van der Waals surface area contributed by atoms with E-state index >= 15 is 0 Å². The van der Waals surface area contributed by atoms with Crippen LogP contribution >= 0.6 is 0 Å². The minimum Gasteiger partial charge on any atom is -0.497 e. The molecule has 7 heteroatoms. The fourth-order valence-electron chi connectivity index (χ4n) is 2.96. The van der Waals surface area contributed by atoms with E-state index in [2.05, 4.69) is 4.98 Å². The standard InChI is InChI=1S/C20H14N2O5/c1-11-16(9-12-7-8-13(26-2)10-17(12)21-11)20(25)27-22-18(23)14-5-3-4-6-15(14)19(22)24/h3-10H,1-2H3. The van der Waals surface area contributed by atoms with Crippen molar-refractivity contribution in [2.75, 3.05) is 7.11 Å². The Hall–Kier alpha value is -3.74. The fraction of sp³-hybridized carbons (Fsp3) is 0.100. The van der Waals surface area contributed by atoms with E-state index in [0.717, 1.165) is 0 Å². The molecule has 0 bridgehead atoms.